The van der Waals surface area contributed by atoms with Crippen molar-refractivity contribution in [3.63, 3.8) is 0 Å². The minimum absolute atomic E-state index is 0.156. The minimum atomic E-state index is -3.41. The third kappa shape index (κ3) is 3.28. The Morgan fingerprint density at radius 3 is 2.59 bits per heavy atom. The number of fused-ring (bicyclic) bond motifs is 3. The van der Waals surface area contributed by atoms with E-state index in [1.54, 1.807) is 42.5 Å². The molecule has 0 bridgehead atoms. The van der Waals surface area contributed by atoms with E-state index in [4.69, 9.17) is 5.73 Å². The van der Waals surface area contributed by atoms with E-state index in [0.29, 0.717) is 27.5 Å². The van der Waals surface area contributed by atoms with Gasteiger partial charge in [-0.25, -0.2) is 8.42 Å². The molecular formula is C22H19N2O4S. The first-order valence-corrected chi connectivity index (χ1v) is 10.8. The summed E-state index contributed by atoms with van der Waals surface area (Å²) in [5.41, 5.74) is 8.74. The monoisotopic (exact) mass is 407 g/mol. The van der Waals surface area contributed by atoms with Crippen molar-refractivity contribution in [3.8, 4) is 0 Å². The Kier molecular flexibility index (Phi) is 4.64. The molecule has 6 nitrogen and oxygen atoms in total. The van der Waals surface area contributed by atoms with Crippen molar-refractivity contribution in [2.75, 3.05) is 6.26 Å². The van der Waals surface area contributed by atoms with Crippen molar-refractivity contribution in [2.24, 2.45) is 5.73 Å². The molecule has 3 N–H and O–H groups in total. The van der Waals surface area contributed by atoms with Gasteiger partial charge in [0.2, 0.25) is 5.91 Å². The van der Waals surface area contributed by atoms with Crippen molar-refractivity contribution in [1.82, 2.24) is 4.57 Å². The van der Waals surface area contributed by atoms with Crippen molar-refractivity contribution in [3.05, 3.63) is 77.4 Å². The van der Waals surface area contributed by atoms with E-state index in [0.717, 1.165) is 11.0 Å². The Morgan fingerprint density at radius 2 is 1.90 bits per heavy atom. The molecule has 0 spiro atoms. The lowest BCUT2D eigenvalue weighted by molar-refractivity contribution is 0.100. The lowest BCUT2D eigenvalue weighted by Crippen LogP contribution is -2.11. The first kappa shape index (κ1) is 19.2. The number of aliphatic hydroxyl groups excluding tert-OH is 1. The quantitative estimate of drug-likeness (QED) is 0.531. The van der Waals surface area contributed by atoms with Crippen LogP contribution in [0.5, 0.6) is 0 Å². The normalized spacial score (nSPS) is 11.9. The fraction of sp³-hybridized carbons (Fsp3) is 0.136. The highest BCUT2D eigenvalue weighted by Crippen LogP contribution is 2.33. The molecule has 7 heteroatoms. The molecule has 1 aromatic heterocycles. The van der Waals surface area contributed by atoms with E-state index in [-0.39, 0.29) is 18.0 Å². The van der Waals surface area contributed by atoms with Gasteiger partial charge < -0.3 is 15.4 Å². The number of sulfone groups is 1. The van der Waals surface area contributed by atoms with Crippen LogP contribution in [0, 0.1) is 6.07 Å². The number of aromatic nitrogens is 1. The van der Waals surface area contributed by atoms with Crippen LogP contribution < -0.4 is 5.73 Å². The average molecular weight is 407 g/mol. The first-order valence-electron chi connectivity index (χ1n) is 8.95. The summed E-state index contributed by atoms with van der Waals surface area (Å²) in [5, 5.41) is 10.9. The second kappa shape index (κ2) is 7.02. The molecule has 1 amide bonds. The SMILES string of the molecule is CS(=O)(=O)c1ccccc1Cn1c2cc(CO)c[c]c2c2c(C(N)=O)cccc21. The summed E-state index contributed by atoms with van der Waals surface area (Å²) in [4.78, 5) is 12.3. The third-order valence-corrected chi connectivity index (χ3v) is 6.20. The zero-order valence-corrected chi connectivity index (χ0v) is 16.5. The molecule has 147 valence electrons. The standard InChI is InChI=1S/C22H19N2O4S/c1-29(27,28)20-8-3-2-5-15(20)12-24-18-7-4-6-17(22(23)26)21(18)16-10-9-14(13-25)11-19(16)24/h2-9,11,25H,12-13H2,1H3,(H2,23,26). The van der Waals surface area contributed by atoms with Crippen LogP contribution in [0.3, 0.4) is 0 Å². The molecule has 1 heterocycles. The van der Waals surface area contributed by atoms with Crippen LogP contribution in [0.15, 0.2) is 59.5 Å². The lowest BCUT2D eigenvalue weighted by atomic mass is 10.0. The second-order valence-corrected chi connectivity index (χ2v) is 8.94. The minimum Gasteiger partial charge on any atom is -0.392 e. The van der Waals surface area contributed by atoms with Gasteiger partial charge in [-0.2, -0.15) is 0 Å². The highest BCUT2D eigenvalue weighted by molar-refractivity contribution is 7.90. The molecule has 0 aliphatic rings. The number of primary amides is 1. The van der Waals surface area contributed by atoms with Crippen molar-refractivity contribution in [1.29, 1.82) is 0 Å². The van der Waals surface area contributed by atoms with Crippen LogP contribution in [0.1, 0.15) is 21.5 Å². The fourth-order valence-corrected chi connectivity index (χ4v) is 4.67. The number of hydrogen-bond donors (Lipinski definition) is 2. The van der Waals surface area contributed by atoms with Crippen LogP contribution in [-0.2, 0) is 23.0 Å². The molecule has 0 saturated heterocycles. The van der Waals surface area contributed by atoms with Gasteiger partial charge in [-0.15, -0.1) is 0 Å². The topological polar surface area (TPSA) is 102 Å². The molecule has 3 aromatic carbocycles. The summed E-state index contributed by atoms with van der Waals surface area (Å²) in [6, 6.07) is 18.7. The Balaban J connectivity index is 2.06. The van der Waals surface area contributed by atoms with Crippen LogP contribution in [-0.4, -0.2) is 30.3 Å². The number of aliphatic hydroxyl groups is 1. The van der Waals surface area contributed by atoms with Crippen molar-refractivity contribution >= 4 is 37.6 Å². The molecule has 29 heavy (non-hydrogen) atoms. The maximum Gasteiger partial charge on any atom is 0.249 e. The molecule has 1 radical (unpaired) electrons. The Hall–Kier alpha value is -3.16. The average Bonchev–Trinajstić information content (AvgIpc) is 3.00. The van der Waals surface area contributed by atoms with Gasteiger partial charge in [-0.05, 0) is 47.5 Å². The van der Waals surface area contributed by atoms with E-state index in [1.807, 2.05) is 16.7 Å². The summed E-state index contributed by atoms with van der Waals surface area (Å²) in [6.07, 6.45) is 1.18. The zero-order chi connectivity index (χ0) is 20.8. The Labute approximate surface area is 168 Å². The summed E-state index contributed by atoms with van der Waals surface area (Å²) in [6.45, 7) is 0.116. The largest absolute Gasteiger partial charge is 0.392 e. The molecule has 0 aliphatic heterocycles. The van der Waals surface area contributed by atoms with Gasteiger partial charge in [0.25, 0.3) is 0 Å². The van der Waals surface area contributed by atoms with Gasteiger partial charge in [0.1, 0.15) is 0 Å². The van der Waals surface area contributed by atoms with Gasteiger partial charge in [0, 0.05) is 29.1 Å². The maximum atomic E-state index is 12.2. The molecular weight excluding hydrogens is 388 g/mol. The zero-order valence-electron chi connectivity index (χ0n) is 15.7. The number of carbonyl (C=O) groups is 1. The first-order chi connectivity index (χ1) is 13.8. The molecule has 0 fully saturated rings. The summed E-state index contributed by atoms with van der Waals surface area (Å²) < 4.78 is 26.4. The van der Waals surface area contributed by atoms with Crippen LogP contribution in [0.4, 0.5) is 0 Å². The molecule has 0 unspecified atom stereocenters. The van der Waals surface area contributed by atoms with E-state index in [9.17, 15) is 18.3 Å². The Bertz CT molecular complexity index is 1370. The van der Waals surface area contributed by atoms with Crippen LogP contribution >= 0.6 is 0 Å². The van der Waals surface area contributed by atoms with E-state index < -0.39 is 15.7 Å². The smallest absolute Gasteiger partial charge is 0.249 e. The van der Waals surface area contributed by atoms with Gasteiger partial charge >= 0.3 is 0 Å². The predicted molar refractivity (Wildman–Crippen MR) is 111 cm³/mol. The number of benzene rings is 3. The lowest BCUT2D eigenvalue weighted by Gasteiger charge is -2.12. The molecule has 4 aromatic rings. The van der Waals surface area contributed by atoms with E-state index in [1.165, 1.54) is 6.26 Å². The molecule has 4 rings (SSSR count). The number of nitrogens with two attached hydrogens (primary N) is 1. The van der Waals surface area contributed by atoms with Crippen LogP contribution in [0.2, 0.25) is 0 Å². The summed E-state index contributed by atoms with van der Waals surface area (Å²) in [5.74, 6) is -0.550. The molecule has 0 aliphatic carbocycles. The fourth-order valence-electron chi connectivity index (χ4n) is 3.73. The third-order valence-electron chi connectivity index (χ3n) is 5.00. The second-order valence-electron chi connectivity index (χ2n) is 6.96. The molecule has 0 atom stereocenters. The van der Waals surface area contributed by atoms with Gasteiger partial charge in [-0.3, -0.25) is 4.79 Å². The highest BCUT2D eigenvalue weighted by atomic mass is 32.2. The van der Waals surface area contributed by atoms with E-state index in [2.05, 4.69) is 6.07 Å². The highest BCUT2D eigenvalue weighted by Gasteiger charge is 2.19. The number of amides is 1. The molecule has 0 saturated carbocycles. The van der Waals surface area contributed by atoms with Crippen molar-refractivity contribution in [2.45, 2.75) is 18.0 Å². The van der Waals surface area contributed by atoms with Gasteiger partial charge in [0.05, 0.1) is 22.5 Å². The number of hydrogen-bond acceptors (Lipinski definition) is 4. The number of nitrogens with zero attached hydrogens (tertiary/aromatic N) is 1. The van der Waals surface area contributed by atoms with Crippen LogP contribution in [0.25, 0.3) is 21.8 Å². The Morgan fingerprint density at radius 1 is 1.14 bits per heavy atom. The van der Waals surface area contributed by atoms with Gasteiger partial charge in [-0.1, -0.05) is 24.3 Å². The maximum absolute atomic E-state index is 12.2. The predicted octanol–water partition coefficient (Wildman–Crippen LogP) is 2.64. The summed E-state index contributed by atoms with van der Waals surface area (Å²) >= 11 is 0. The van der Waals surface area contributed by atoms with Crippen molar-refractivity contribution < 1.29 is 18.3 Å². The van der Waals surface area contributed by atoms with E-state index >= 15 is 0 Å². The van der Waals surface area contributed by atoms with Gasteiger partial charge in [0.15, 0.2) is 9.84 Å². The summed E-state index contributed by atoms with van der Waals surface area (Å²) in [7, 11) is -3.41. The number of rotatable bonds is 5. The number of carbonyl (C=O) groups excluding carboxylic acids is 1.